The molecule has 1 aromatic heterocycles. The summed E-state index contributed by atoms with van der Waals surface area (Å²) in [7, 11) is 4.84. The lowest BCUT2D eigenvalue weighted by molar-refractivity contribution is 0.351. The second kappa shape index (κ2) is 8.45. The van der Waals surface area contributed by atoms with Crippen molar-refractivity contribution in [2.45, 2.75) is 6.54 Å². The van der Waals surface area contributed by atoms with Crippen LogP contribution in [0.5, 0.6) is 17.2 Å². The smallest absolute Gasteiger partial charge is 0.214 e. The number of halogens is 1. The SMILES string of the molecule is COc1ccccc1-c1n[nH]c(=S)n1NCc1cc(Br)cc(OC)c1OC. The summed E-state index contributed by atoms with van der Waals surface area (Å²) < 4.78 is 19.4. The molecule has 0 amide bonds. The van der Waals surface area contributed by atoms with Gasteiger partial charge in [0.05, 0.1) is 33.4 Å². The molecule has 3 aromatic rings. The van der Waals surface area contributed by atoms with E-state index in [1.165, 1.54) is 0 Å². The Morgan fingerprint density at radius 1 is 1.11 bits per heavy atom. The predicted octanol–water partition coefficient (Wildman–Crippen LogP) is 4.14. The van der Waals surface area contributed by atoms with Gasteiger partial charge in [-0.1, -0.05) is 28.1 Å². The highest BCUT2D eigenvalue weighted by Gasteiger charge is 2.15. The number of aromatic nitrogens is 3. The zero-order valence-electron chi connectivity index (χ0n) is 15.1. The summed E-state index contributed by atoms with van der Waals surface area (Å²) in [4.78, 5) is 0. The number of para-hydroxylation sites is 1. The predicted molar refractivity (Wildman–Crippen MR) is 110 cm³/mol. The molecule has 2 aromatic carbocycles. The molecule has 142 valence electrons. The number of H-pyrrole nitrogens is 1. The van der Waals surface area contributed by atoms with Gasteiger partial charge in [-0.05, 0) is 36.5 Å². The Balaban J connectivity index is 1.96. The fraction of sp³-hybridized carbons (Fsp3) is 0.222. The summed E-state index contributed by atoms with van der Waals surface area (Å²) in [6.45, 7) is 0.439. The van der Waals surface area contributed by atoms with Crippen LogP contribution in [0.3, 0.4) is 0 Å². The van der Waals surface area contributed by atoms with E-state index >= 15 is 0 Å². The Morgan fingerprint density at radius 2 is 1.85 bits per heavy atom. The highest BCUT2D eigenvalue weighted by Crippen LogP contribution is 2.35. The average Bonchev–Trinajstić information content (AvgIpc) is 3.05. The van der Waals surface area contributed by atoms with Gasteiger partial charge in [0, 0.05) is 10.0 Å². The molecule has 0 aliphatic heterocycles. The summed E-state index contributed by atoms with van der Waals surface area (Å²) in [5.74, 6) is 2.63. The van der Waals surface area contributed by atoms with Gasteiger partial charge in [-0.15, -0.1) is 0 Å². The Bertz CT molecular complexity index is 1000. The zero-order chi connectivity index (χ0) is 19.4. The lowest BCUT2D eigenvalue weighted by Crippen LogP contribution is -2.16. The van der Waals surface area contributed by atoms with Crippen LogP contribution in [-0.4, -0.2) is 36.2 Å². The number of nitrogens with one attached hydrogen (secondary N) is 2. The molecule has 7 nitrogen and oxygen atoms in total. The van der Waals surface area contributed by atoms with Crippen molar-refractivity contribution >= 4 is 28.1 Å². The van der Waals surface area contributed by atoms with Crippen LogP contribution in [-0.2, 0) is 6.54 Å². The van der Waals surface area contributed by atoms with Gasteiger partial charge in [0.15, 0.2) is 17.3 Å². The van der Waals surface area contributed by atoms with E-state index in [1.807, 2.05) is 36.4 Å². The average molecular weight is 451 g/mol. The van der Waals surface area contributed by atoms with Gasteiger partial charge in [0.25, 0.3) is 0 Å². The summed E-state index contributed by atoms with van der Waals surface area (Å²) in [5, 5.41) is 7.16. The van der Waals surface area contributed by atoms with Crippen molar-refractivity contribution in [3.63, 3.8) is 0 Å². The fourth-order valence-corrected chi connectivity index (χ4v) is 3.44. The highest BCUT2D eigenvalue weighted by molar-refractivity contribution is 9.10. The van der Waals surface area contributed by atoms with E-state index in [1.54, 1.807) is 26.0 Å². The third kappa shape index (κ3) is 3.93. The molecule has 1 heterocycles. The van der Waals surface area contributed by atoms with Crippen molar-refractivity contribution < 1.29 is 14.2 Å². The van der Waals surface area contributed by atoms with Gasteiger partial charge in [0.1, 0.15) is 5.75 Å². The van der Waals surface area contributed by atoms with E-state index in [9.17, 15) is 0 Å². The minimum atomic E-state index is 0.439. The molecule has 0 spiro atoms. The van der Waals surface area contributed by atoms with Crippen molar-refractivity contribution in [3.8, 4) is 28.6 Å². The number of hydrogen-bond donors (Lipinski definition) is 2. The monoisotopic (exact) mass is 450 g/mol. The number of ether oxygens (including phenoxy) is 3. The molecule has 0 aliphatic carbocycles. The molecule has 0 radical (unpaired) electrons. The summed E-state index contributed by atoms with van der Waals surface area (Å²) in [5.41, 5.74) is 5.01. The first-order chi connectivity index (χ1) is 13.1. The molecule has 0 unspecified atom stereocenters. The third-order valence-corrected chi connectivity index (χ3v) is 4.70. The van der Waals surface area contributed by atoms with Crippen molar-refractivity contribution in [1.29, 1.82) is 0 Å². The maximum Gasteiger partial charge on any atom is 0.214 e. The zero-order valence-corrected chi connectivity index (χ0v) is 17.5. The van der Waals surface area contributed by atoms with E-state index in [4.69, 9.17) is 26.4 Å². The van der Waals surface area contributed by atoms with E-state index in [-0.39, 0.29) is 0 Å². The van der Waals surface area contributed by atoms with Crippen molar-refractivity contribution in [1.82, 2.24) is 14.9 Å². The fourth-order valence-electron chi connectivity index (χ4n) is 2.76. The van der Waals surface area contributed by atoms with Crippen LogP contribution in [0.2, 0.25) is 0 Å². The van der Waals surface area contributed by atoms with E-state index in [2.05, 4.69) is 31.6 Å². The lowest BCUT2D eigenvalue weighted by atomic mass is 10.2. The highest BCUT2D eigenvalue weighted by atomic mass is 79.9. The van der Waals surface area contributed by atoms with Crippen LogP contribution in [0.4, 0.5) is 0 Å². The second-order valence-electron chi connectivity index (χ2n) is 5.52. The minimum absolute atomic E-state index is 0.439. The van der Waals surface area contributed by atoms with Crippen LogP contribution in [0.25, 0.3) is 11.4 Å². The molecule has 9 heteroatoms. The topological polar surface area (TPSA) is 73.3 Å². The van der Waals surface area contributed by atoms with Gasteiger partial charge >= 0.3 is 0 Å². The first kappa shape index (κ1) is 19.2. The molecule has 0 saturated carbocycles. The van der Waals surface area contributed by atoms with Crippen LogP contribution in [0.15, 0.2) is 40.9 Å². The molecular formula is C18H19BrN4O3S. The summed E-state index contributed by atoms with van der Waals surface area (Å²) >= 11 is 8.87. The maximum atomic E-state index is 5.51. The van der Waals surface area contributed by atoms with Crippen LogP contribution < -0.4 is 19.6 Å². The van der Waals surface area contributed by atoms with Crippen molar-refractivity contribution in [3.05, 3.63) is 51.2 Å². The molecule has 0 fully saturated rings. The Morgan fingerprint density at radius 3 is 2.56 bits per heavy atom. The number of nitrogens with zero attached hydrogens (tertiary/aromatic N) is 2. The van der Waals surface area contributed by atoms with E-state index < -0.39 is 0 Å². The molecule has 0 aliphatic rings. The largest absolute Gasteiger partial charge is 0.496 e. The molecule has 3 rings (SSSR count). The minimum Gasteiger partial charge on any atom is -0.496 e. The van der Waals surface area contributed by atoms with Gasteiger partial charge in [-0.3, -0.25) is 0 Å². The number of benzene rings is 2. The van der Waals surface area contributed by atoms with Gasteiger partial charge in [-0.25, -0.2) is 9.77 Å². The van der Waals surface area contributed by atoms with Gasteiger partial charge < -0.3 is 19.6 Å². The number of aromatic amines is 1. The Hall–Kier alpha value is -2.52. The molecule has 0 saturated heterocycles. The molecular weight excluding hydrogens is 432 g/mol. The number of methoxy groups -OCH3 is 3. The number of rotatable bonds is 7. The quantitative estimate of drug-likeness (QED) is 0.526. The molecule has 0 bridgehead atoms. The van der Waals surface area contributed by atoms with Crippen LogP contribution >= 0.6 is 28.1 Å². The van der Waals surface area contributed by atoms with Crippen LogP contribution in [0, 0.1) is 4.77 Å². The van der Waals surface area contributed by atoms with Gasteiger partial charge in [-0.2, -0.15) is 5.10 Å². The molecule has 0 atom stereocenters. The molecule has 2 N–H and O–H groups in total. The van der Waals surface area contributed by atoms with Crippen molar-refractivity contribution in [2.24, 2.45) is 0 Å². The first-order valence-corrected chi connectivity index (χ1v) is 9.24. The second-order valence-corrected chi connectivity index (χ2v) is 6.83. The third-order valence-electron chi connectivity index (χ3n) is 3.97. The first-order valence-electron chi connectivity index (χ1n) is 8.04. The molecule has 27 heavy (non-hydrogen) atoms. The maximum absolute atomic E-state index is 5.51. The normalized spacial score (nSPS) is 10.5. The lowest BCUT2D eigenvalue weighted by Gasteiger charge is -2.16. The standard InChI is InChI=1S/C18H19BrN4O3S/c1-24-14-7-5-4-6-13(14)17-21-22-18(27)23(17)20-10-11-8-12(19)9-15(25-2)16(11)26-3/h4-9,20H,10H2,1-3H3,(H,22,27). The summed E-state index contributed by atoms with van der Waals surface area (Å²) in [6, 6.07) is 11.4. The van der Waals surface area contributed by atoms with Gasteiger partial charge in [0.2, 0.25) is 4.77 Å². The Kier molecular flexibility index (Phi) is 6.02. The van der Waals surface area contributed by atoms with Crippen LogP contribution in [0.1, 0.15) is 5.56 Å². The number of hydrogen-bond acceptors (Lipinski definition) is 6. The summed E-state index contributed by atoms with van der Waals surface area (Å²) in [6.07, 6.45) is 0. The Labute approximate surface area is 170 Å². The van der Waals surface area contributed by atoms with E-state index in [0.29, 0.717) is 34.4 Å². The van der Waals surface area contributed by atoms with E-state index in [0.717, 1.165) is 15.6 Å². The van der Waals surface area contributed by atoms with Crippen molar-refractivity contribution in [2.75, 3.05) is 26.8 Å².